The Kier molecular flexibility index (Phi) is 6.57. The molecule has 0 atom stereocenters. The molecule has 2 aromatic carbocycles. The molecule has 0 bridgehead atoms. The van der Waals surface area contributed by atoms with Crippen LogP contribution in [0.5, 0.6) is 5.75 Å². The summed E-state index contributed by atoms with van der Waals surface area (Å²) >= 11 is 0. The Labute approximate surface area is 148 Å². The Hall–Kier alpha value is -2.82. The number of esters is 1. The van der Waals surface area contributed by atoms with E-state index in [0.29, 0.717) is 5.75 Å². The summed E-state index contributed by atoms with van der Waals surface area (Å²) in [7, 11) is 0. The minimum atomic E-state index is -0.590. The number of nitrogens with one attached hydrogen (secondary N) is 1. The van der Waals surface area contributed by atoms with E-state index in [0.717, 1.165) is 16.8 Å². The molecule has 5 nitrogen and oxygen atoms in total. The highest BCUT2D eigenvalue weighted by Gasteiger charge is 2.12. The van der Waals surface area contributed by atoms with Crippen molar-refractivity contribution in [2.24, 2.45) is 0 Å². The van der Waals surface area contributed by atoms with Gasteiger partial charge in [0.05, 0.1) is 0 Å². The number of carbonyl (C=O) groups is 2. The van der Waals surface area contributed by atoms with Crippen molar-refractivity contribution >= 4 is 17.6 Å². The third-order valence-corrected chi connectivity index (χ3v) is 3.60. The second-order valence-electron chi connectivity index (χ2n) is 6.05. The monoisotopic (exact) mass is 341 g/mol. The predicted molar refractivity (Wildman–Crippen MR) is 96.8 cm³/mol. The van der Waals surface area contributed by atoms with Gasteiger partial charge in [0.2, 0.25) is 0 Å². The molecule has 2 rings (SSSR count). The fraction of sp³-hybridized carbons (Fsp3) is 0.300. The first kappa shape index (κ1) is 18.5. The van der Waals surface area contributed by atoms with Gasteiger partial charge < -0.3 is 14.8 Å². The summed E-state index contributed by atoms with van der Waals surface area (Å²) < 4.78 is 10.3. The van der Waals surface area contributed by atoms with Gasteiger partial charge in [0, 0.05) is 5.69 Å². The van der Waals surface area contributed by atoms with Crippen LogP contribution >= 0.6 is 0 Å². The molecular weight excluding hydrogens is 318 g/mol. The van der Waals surface area contributed by atoms with Crippen LogP contribution in [0, 0.1) is 6.92 Å². The summed E-state index contributed by atoms with van der Waals surface area (Å²) in [5.41, 5.74) is 2.87. The van der Waals surface area contributed by atoms with E-state index < -0.39 is 5.97 Å². The third-order valence-electron chi connectivity index (χ3n) is 3.60. The van der Waals surface area contributed by atoms with E-state index in [1.807, 2.05) is 57.2 Å². The fourth-order valence-electron chi connectivity index (χ4n) is 2.27. The van der Waals surface area contributed by atoms with Gasteiger partial charge in [-0.2, -0.15) is 0 Å². The van der Waals surface area contributed by atoms with Gasteiger partial charge >= 0.3 is 5.97 Å². The van der Waals surface area contributed by atoms with Crippen LogP contribution < -0.4 is 10.1 Å². The molecule has 0 saturated carbocycles. The summed E-state index contributed by atoms with van der Waals surface area (Å²) in [5, 5.41) is 2.77. The lowest BCUT2D eigenvalue weighted by molar-refractivity contribution is -0.149. The van der Waals surface area contributed by atoms with E-state index in [-0.39, 0.29) is 25.0 Å². The van der Waals surface area contributed by atoms with Crippen molar-refractivity contribution in [3.63, 3.8) is 0 Å². The molecule has 0 aliphatic carbocycles. The normalized spacial score (nSPS) is 10.4. The van der Waals surface area contributed by atoms with E-state index >= 15 is 0 Å². The van der Waals surface area contributed by atoms with Crippen LogP contribution in [0.15, 0.2) is 48.5 Å². The zero-order valence-corrected chi connectivity index (χ0v) is 14.7. The highest BCUT2D eigenvalue weighted by molar-refractivity contribution is 5.93. The maximum absolute atomic E-state index is 12.0. The van der Waals surface area contributed by atoms with E-state index in [4.69, 9.17) is 9.47 Å². The van der Waals surface area contributed by atoms with E-state index in [9.17, 15) is 9.59 Å². The van der Waals surface area contributed by atoms with Crippen molar-refractivity contribution in [2.75, 3.05) is 18.5 Å². The van der Waals surface area contributed by atoms with Crippen LogP contribution in [0.3, 0.4) is 0 Å². The highest BCUT2D eigenvalue weighted by atomic mass is 16.6. The minimum absolute atomic E-state index is 0.237. The summed E-state index contributed by atoms with van der Waals surface area (Å²) in [5.74, 6) is -0.107. The van der Waals surface area contributed by atoms with Gasteiger partial charge in [-0.25, -0.2) is 4.79 Å². The Balaban J connectivity index is 1.78. The zero-order chi connectivity index (χ0) is 18.2. The molecular formula is C20H23NO4. The van der Waals surface area contributed by atoms with Gasteiger partial charge in [-0.1, -0.05) is 49.7 Å². The van der Waals surface area contributed by atoms with Gasteiger partial charge in [0.15, 0.2) is 13.2 Å². The first-order chi connectivity index (χ1) is 12.0. The minimum Gasteiger partial charge on any atom is -0.482 e. The number of hydrogen-bond acceptors (Lipinski definition) is 4. The maximum Gasteiger partial charge on any atom is 0.344 e. The molecule has 0 aliphatic heterocycles. The first-order valence-electron chi connectivity index (χ1n) is 8.19. The lowest BCUT2D eigenvalue weighted by atomic mass is 10.0. The molecule has 132 valence electrons. The van der Waals surface area contributed by atoms with Crippen LogP contribution in [0.1, 0.15) is 30.9 Å². The van der Waals surface area contributed by atoms with Gasteiger partial charge in [-0.05, 0) is 36.6 Å². The first-order valence-corrected chi connectivity index (χ1v) is 8.19. The number of hydrogen-bond donors (Lipinski definition) is 1. The van der Waals surface area contributed by atoms with Crippen molar-refractivity contribution in [3.8, 4) is 5.75 Å². The smallest absolute Gasteiger partial charge is 0.344 e. The van der Waals surface area contributed by atoms with Gasteiger partial charge in [0.1, 0.15) is 5.75 Å². The van der Waals surface area contributed by atoms with Gasteiger partial charge in [-0.3, -0.25) is 4.79 Å². The standard InChI is InChI=1S/C20H23NO4/c1-14(2)17-6-4-5-7-18(17)21-19(22)12-25-20(23)13-24-16-10-8-15(3)9-11-16/h4-11,14H,12-13H2,1-3H3,(H,21,22). The number of rotatable bonds is 7. The van der Waals surface area contributed by atoms with Crippen LogP contribution in [0.25, 0.3) is 0 Å². The SMILES string of the molecule is Cc1ccc(OCC(=O)OCC(=O)Nc2ccccc2C(C)C)cc1. The topological polar surface area (TPSA) is 64.6 Å². The van der Waals surface area contributed by atoms with Crippen molar-refractivity contribution in [1.82, 2.24) is 0 Å². The Bertz CT molecular complexity index is 723. The Morgan fingerprint density at radius 1 is 1.00 bits per heavy atom. The lowest BCUT2D eigenvalue weighted by Gasteiger charge is -2.13. The number of para-hydroxylation sites is 1. The van der Waals surface area contributed by atoms with Crippen LogP contribution in [0.2, 0.25) is 0 Å². The van der Waals surface area contributed by atoms with E-state index in [1.165, 1.54) is 0 Å². The average Bonchev–Trinajstić information content (AvgIpc) is 2.59. The summed E-state index contributed by atoms with van der Waals surface area (Å²) in [6.45, 7) is 5.48. The maximum atomic E-state index is 12.0. The second-order valence-corrected chi connectivity index (χ2v) is 6.05. The van der Waals surface area contributed by atoms with Crippen LogP contribution in [-0.2, 0) is 14.3 Å². The molecule has 0 saturated heterocycles. The van der Waals surface area contributed by atoms with Crippen LogP contribution in [-0.4, -0.2) is 25.1 Å². The largest absolute Gasteiger partial charge is 0.482 e. The number of aryl methyl sites for hydroxylation is 1. The molecule has 2 aromatic rings. The van der Waals surface area contributed by atoms with Gasteiger partial charge in [0.25, 0.3) is 5.91 Å². The quantitative estimate of drug-likeness (QED) is 0.780. The summed E-state index contributed by atoms with van der Waals surface area (Å²) in [6, 6.07) is 14.9. The number of carbonyl (C=O) groups excluding carboxylic acids is 2. The Morgan fingerprint density at radius 2 is 1.68 bits per heavy atom. The molecule has 0 spiro atoms. The van der Waals surface area contributed by atoms with E-state index in [1.54, 1.807) is 12.1 Å². The molecule has 0 aromatic heterocycles. The molecule has 5 heteroatoms. The van der Waals surface area contributed by atoms with Crippen molar-refractivity contribution < 1.29 is 19.1 Å². The number of benzene rings is 2. The fourth-order valence-corrected chi connectivity index (χ4v) is 2.27. The predicted octanol–water partition coefficient (Wildman–Crippen LogP) is 3.68. The zero-order valence-electron chi connectivity index (χ0n) is 14.7. The summed E-state index contributed by atoms with van der Waals surface area (Å²) in [4.78, 5) is 23.7. The van der Waals surface area contributed by atoms with Crippen molar-refractivity contribution in [2.45, 2.75) is 26.7 Å². The lowest BCUT2D eigenvalue weighted by Crippen LogP contribution is -2.24. The number of anilines is 1. The van der Waals surface area contributed by atoms with Gasteiger partial charge in [-0.15, -0.1) is 0 Å². The highest BCUT2D eigenvalue weighted by Crippen LogP contribution is 2.23. The molecule has 0 heterocycles. The molecule has 0 aliphatic rings. The Morgan fingerprint density at radius 3 is 2.36 bits per heavy atom. The molecule has 25 heavy (non-hydrogen) atoms. The van der Waals surface area contributed by atoms with Crippen LogP contribution in [0.4, 0.5) is 5.69 Å². The molecule has 1 amide bonds. The number of ether oxygens (including phenoxy) is 2. The van der Waals surface area contributed by atoms with Crippen molar-refractivity contribution in [1.29, 1.82) is 0 Å². The second kappa shape index (κ2) is 8.87. The molecule has 0 radical (unpaired) electrons. The average molecular weight is 341 g/mol. The molecule has 0 unspecified atom stereocenters. The third kappa shape index (κ3) is 5.95. The van der Waals surface area contributed by atoms with E-state index in [2.05, 4.69) is 5.32 Å². The van der Waals surface area contributed by atoms with Crippen molar-refractivity contribution in [3.05, 3.63) is 59.7 Å². The number of amides is 1. The molecule has 1 N–H and O–H groups in total. The summed E-state index contributed by atoms with van der Waals surface area (Å²) in [6.07, 6.45) is 0. The molecule has 0 fully saturated rings.